The number of rotatable bonds is 7. The molecule has 2 aliphatic rings. The van der Waals surface area contributed by atoms with Crippen molar-refractivity contribution in [2.24, 2.45) is 10.1 Å². The molecular formula is C29H28N4O4S. The summed E-state index contributed by atoms with van der Waals surface area (Å²) < 4.78 is 10.4. The van der Waals surface area contributed by atoms with E-state index >= 15 is 0 Å². The summed E-state index contributed by atoms with van der Waals surface area (Å²) in [5.41, 5.74) is 4.77. The van der Waals surface area contributed by atoms with Crippen molar-refractivity contribution in [3.63, 3.8) is 0 Å². The summed E-state index contributed by atoms with van der Waals surface area (Å²) in [5, 5.41) is 9.47. The molecule has 0 saturated carbocycles. The molecule has 5 rings (SSSR count). The molecule has 1 N–H and O–H groups in total. The lowest BCUT2D eigenvalue weighted by atomic mass is 9.98. The predicted octanol–water partition coefficient (Wildman–Crippen LogP) is 5.19. The van der Waals surface area contributed by atoms with Gasteiger partial charge < -0.3 is 14.8 Å². The smallest absolute Gasteiger partial charge is 0.262 e. The Bertz CT molecular complexity index is 1390. The van der Waals surface area contributed by atoms with Gasteiger partial charge in [-0.3, -0.25) is 9.59 Å². The Morgan fingerprint density at radius 1 is 0.974 bits per heavy atom. The third-order valence-corrected chi connectivity index (χ3v) is 7.61. The Labute approximate surface area is 225 Å². The molecule has 3 aromatic carbocycles. The molecule has 194 valence electrons. The highest BCUT2D eigenvalue weighted by Gasteiger charge is 2.39. The van der Waals surface area contributed by atoms with Crippen LogP contribution in [0.4, 0.5) is 5.69 Å². The van der Waals surface area contributed by atoms with Crippen molar-refractivity contribution in [1.82, 2.24) is 5.01 Å². The number of hydrogen-bond acceptors (Lipinski definition) is 7. The maximum Gasteiger partial charge on any atom is 0.262 e. The molecule has 0 aromatic heterocycles. The van der Waals surface area contributed by atoms with E-state index in [0.717, 1.165) is 22.6 Å². The number of nitrogens with one attached hydrogen (secondary N) is 1. The topological polar surface area (TPSA) is 92.6 Å². The number of amides is 2. The van der Waals surface area contributed by atoms with E-state index in [2.05, 4.69) is 34.6 Å². The Kier molecular flexibility index (Phi) is 7.46. The number of anilines is 1. The Morgan fingerprint density at radius 3 is 2.24 bits per heavy atom. The Hall–Kier alpha value is -4.11. The summed E-state index contributed by atoms with van der Waals surface area (Å²) in [4.78, 5) is 29.8. The van der Waals surface area contributed by atoms with Gasteiger partial charge in [-0.1, -0.05) is 41.6 Å². The van der Waals surface area contributed by atoms with Crippen LogP contribution < -0.4 is 14.8 Å². The molecule has 0 radical (unpaired) electrons. The Morgan fingerprint density at radius 2 is 1.61 bits per heavy atom. The van der Waals surface area contributed by atoms with Crippen LogP contribution >= 0.6 is 11.8 Å². The lowest BCUT2D eigenvalue weighted by Gasteiger charge is -2.23. The van der Waals surface area contributed by atoms with Crippen LogP contribution in [-0.4, -0.2) is 47.2 Å². The number of amidine groups is 1. The van der Waals surface area contributed by atoms with Crippen molar-refractivity contribution in [1.29, 1.82) is 0 Å². The van der Waals surface area contributed by atoms with Crippen molar-refractivity contribution in [2.45, 2.75) is 31.1 Å². The number of carbonyl (C=O) groups is 2. The summed E-state index contributed by atoms with van der Waals surface area (Å²) in [6.45, 7) is 2.05. The average Bonchev–Trinajstić information content (AvgIpc) is 3.53. The molecule has 9 heteroatoms. The van der Waals surface area contributed by atoms with Gasteiger partial charge in [0.2, 0.25) is 5.91 Å². The molecule has 0 bridgehead atoms. The molecule has 0 unspecified atom stereocenters. The normalized spacial score (nSPS) is 18.7. The minimum atomic E-state index is -0.609. The fourth-order valence-corrected chi connectivity index (χ4v) is 5.41. The number of aryl methyl sites for hydroxylation is 1. The number of thioether (sulfide) groups is 1. The van der Waals surface area contributed by atoms with E-state index in [1.807, 2.05) is 36.2 Å². The van der Waals surface area contributed by atoms with Gasteiger partial charge in [-0.2, -0.15) is 10.1 Å². The number of hydrogen-bond donors (Lipinski definition) is 1. The van der Waals surface area contributed by atoms with Crippen molar-refractivity contribution < 1.29 is 19.1 Å². The minimum absolute atomic E-state index is 0.0145. The minimum Gasteiger partial charge on any atom is -0.497 e. The van der Waals surface area contributed by atoms with E-state index in [9.17, 15) is 9.59 Å². The highest BCUT2D eigenvalue weighted by Crippen LogP contribution is 2.39. The van der Waals surface area contributed by atoms with Crippen LogP contribution in [0.3, 0.4) is 0 Å². The molecule has 0 aliphatic carbocycles. The second kappa shape index (κ2) is 11.1. The fourth-order valence-electron chi connectivity index (χ4n) is 4.35. The van der Waals surface area contributed by atoms with E-state index < -0.39 is 5.25 Å². The number of ether oxygens (including phenoxy) is 2. The van der Waals surface area contributed by atoms with Gasteiger partial charge in [-0.15, -0.1) is 0 Å². The van der Waals surface area contributed by atoms with Crippen LogP contribution in [0.15, 0.2) is 82.9 Å². The quantitative estimate of drug-likeness (QED) is 0.454. The van der Waals surface area contributed by atoms with Gasteiger partial charge in [-0.05, 0) is 66.6 Å². The second-order valence-electron chi connectivity index (χ2n) is 9.07. The fraction of sp³-hybridized carbons (Fsp3) is 0.241. The summed E-state index contributed by atoms with van der Waals surface area (Å²) in [6.07, 6.45) is 0.673. The van der Waals surface area contributed by atoms with Gasteiger partial charge in [0, 0.05) is 18.5 Å². The van der Waals surface area contributed by atoms with E-state index in [1.165, 1.54) is 17.3 Å². The van der Waals surface area contributed by atoms with Crippen LogP contribution in [0.2, 0.25) is 0 Å². The maximum absolute atomic E-state index is 12.8. The van der Waals surface area contributed by atoms with E-state index in [4.69, 9.17) is 14.6 Å². The van der Waals surface area contributed by atoms with Gasteiger partial charge in [0.25, 0.3) is 5.91 Å². The lowest BCUT2D eigenvalue weighted by Crippen LogP contribution is -2.25. The van der Waals surface area contributed by atoms with Crippen LogP contribution in [0.5, 0.6) is 11.5 Å². The SMILES string of the molecule is COc1ccc(NC(=O)C[C@@H]2SC(N3N=C(c4ccc(OC)cc4)C[C@H]3c3ccc(C)cc3)=NC2=O)cc1. The first-order chi connectivity index (χ1) is 18.4. The summed E-state index contributed by atoms with van der Waals surface area (Å²) >= 11 is 1.28. The molecule has 38 heavy (non-hydrogen) atoms. The average molecular weight is 529 g/mol. The molecule has 0 fully saturated rings. The van der Waals surface area contributed by atoms with Gasteiger partial charge in [0.15, 0.2) is 5.17 Å². The summed E-state index contributed by atoms with van der Waals surface area (Å²) in [6, 6.07) is 23.0. The predicted molar refractivity (Wildman–Crippen MR) is 150 cm³/mol. The van der Waals surface area contributed by atoms with Crippen molar-refractivity contribution in [3.8, 4) is 11.5 Å². The summed E-state index contributed by atoms with van der Waals surface area (Å²) in [5.74, 6) is 0.893. The zero-order valence-electron chi connectivity index (χ0n) is 21.4. The number of nitrogens with zero attached hydrogens (tertiary/aromatic N) is 3. The molecule has 2 amide bonds. The zero-order valence-corrected chi connectivity index (χ0v) is 22.2. The van der Waals surface area contributed by atoms with Crippen molar-refractivity contribution in [3.05, 3.63) is 89.5 Å². The largest absolute Gasteiger partial charge is 0.497 e. The van der Waals surface area contributed by atoms with Gasteiger partial charge in [-0.25, -0.2) is 5.01 Å². The monoisotopic (exact) mass is 528 g/mol. The first-order valence-electron chi connectivity index (χ1n) is 12.2. The van der Waals surface area contributed by atoms with E-state index in [-0.39, 0.29) is 24.3 Å². The standard InChI is InChI=1S/C29H28N4O4S/c1-18-4-6-20(7-5-18)25-16-24(19-8-12-22(36-2)13-9-19)32-33(25)29-31-28(35)26(38-29)17-27(34)30-21-10-14-23(37-3)15-11-21/h4-15,25-26H,16-17H2,1-3H3,(H,30,34)/t25-,26-/m0/s1. The van der Waals surface area contributed by atoms with E-state index in [1.54, 1.807) is 38.5 Å². The van der Waals surface area contributed by atoms with Gasteiger partial charge in [0.1, 0.15) is 16.7 Å². The lowest BCUT2D eigenvalue weighted by molar-refractivity contribution is -0.121. The molecular weight excluding hydrogens is 500 g/mol. The number of methoxy groups -OCH3 is 2. The number of carbonyl (C=O) groups excluding carboxylic acids is 2. The zero-order chi connectivity index (χ0) is 26.6. The van der Waals surface area contributed by atoms with E-state index in [0.29, 0.717) is 23.0 Å². The maximum atomic E-state index is 12.8. The third-order valence-electron chi connectivity index (χ3n) is 6.47. The van der Waals surface area contributed by atoms with Crippen LogP contribution in [0, 0.1) is 6.92 Å². The summed E-state index contributed by atoms with van der Waals surface area (Å²) in [7, 11) is 3.22. The molecule has 2 atom stereocenters. The molecule has 2 heterocycles. The molecule has 0 saturated heterocycles. The number of hydrazone groups is 1. The molecule has 2 aliphatic heterocycles. The molecule has 8 nitrogen and oxygen atoms in total. The third kappa shape index (κ3) is 5.57. The second-order valence-corrected chi connectivity index (χ2v) is 10.2. The highest BCUT2D eigenvalue weighted by atomic mass is 32.2. The number of aliphatic imine (C=N–C) groups is 1. The van der Waals surface area contributed by atoms with Crippen molar-refractivity contribution in [2.75, 3.05) is 19.5 Å². The van der Waals surface area contributed by atoms with Crippen LogP contribution in [0.25, 0.3) is 0 Å². The van der Waals surface area contributed by atoms with Crippen LogP contribution in [-0.2, 0) is 9.59 Å². The first kappa shape index (κ1) is 25.5. The molecule has 3 aromatic rings. The molecule has 0 spiro atoms. The van der Waals surface area contributed by atoms with Gasteiger partial charge in [0.05, 0.1) is 26.0 Å². The van der Waals surface area contributed by atoms with Crippen molar-refractivity contribution >= 4 is 40.1 Å². The van der Waals surface area contributed by atoms with Crippen LogP contribution in [0.1, 0.15) is 35.6 Å². The highest BCUT2D eigenvalue weighted by molar-refractivity contribution is 8.15. The first-order valence-corrected chi connectivity index (χ1v) is 13.1. The Balaban J connectivity index is 1.33. The van der Waals surface area contributed by atoms with Gasteiger partial charge >= 0.3 is 0 Å². The number of benzene rings is 3.